The molecule has 2 N–H and O–H groups in total. The fraction of sp³-hybridized carbons (Fsp3) is 0.118. The van der Waals surface area contributed by atoms with Crippen molar-refractivity contribution in [2.45, 2.75) is 13.8 Å². The number of aromatic nitrogens is 1. The molecular formula is C17H14N3O3-. The molecule has 116 valence electrons. The van der Waals surface area contributed by atoms with Gasteiger partial charge in [0, 0.05) is 5.39 Å². The molecule has 0 bridgehead atoms. The van der Waals surface area contributed by atoms with Gasteiger partial charge in [0.15, 0.2) is 5.69 Å². The molecule has 6 nitrogen and oxygen atoms in total. The van der Waals surface area contributed by atoms with E-state index in [4.69, 9.17) is 0 Å². The first-order chi connectivity index (χ1) is 11.0. The molecule has 0 amide bonds. The minimum atomic E-state index is -1.27. The Bertz CT molecular complexity index is 942. The summed E-state index contributed by atoms with van der Waals surface area (Å²) in [6.45, 7) is 3.90. The predicted molar refractivity (Wildman–Crippen MR) is 84.4 cm³/mol. The van der Waals surface area contributed by atoms with E-state index in [-0.39, 0.29) is 11.4 Å². The molecule has 0 aliphatic rings. The number of aromatic carboxylic acids is 1. The maximum absolute atomic E-state index is 10.9. The smallest absolute Gasteiger partial charge is 0.218 e. The van der Waals surface area contributed by atoms with E-state index >= 15 is 0 Å². The number of carbonyl (C=O) groups excluding carboxylic acids is 1. The van der Waals surface area contributed by atoms with E-state index in [2.05, 4.69) is 15.2 Å². The standard InChI is InChI=1S/C17H15N3O3/c1-9-6-10(2)14-13(7-9)15(16(21)18-14)20-19-12-5-3-4-11(8-12)17(22)23/h3-8,18,21H,1-2H3,(H,22,23)/p-1. The number of azo groups is 1. The van der Waals surface area contributed by atoms with E-state index < -0.39 is 5.97 Å². The molecule has 0 atom stereocenters. The van der Waals surface area contributed by atoms with Crippen LogP contribution in [0.1, 0.15) is 21.5 Å². The quantitative estimate of drug-likeness (QED) is 0.726. The fourth-order valence-corrected chi connectivity index (χ4v) is 2.53. The molecule has 0 spiro atoms. The van der Waals surface area contributed by atoms with Crippen LogP contribution in [0.2, 0.25) is 0 Å². The van der Waals surface area contributed by atoms with Crippen molar-refractivity contribution >= 4 is 28.2 Å². The van der Waals surface area contributed by atoms with Gasteiger partial charge in [-0.2, -0.15) is 5.11 Å². The van der Waals surface area contributed by atoms with Crippen molar-refractivity contribution < 1.29 is 15.0 Å². The zero-order valence-electron chi connectivity index (χ0n) is 12.6. The summed E-state index contributed by atoms with van der Waals surface area (Å²) in [4.78, 5) is 13.7. The Labute approximate surface area is 132 Å². The molecule has 0 radical (unpaired) electrons. The van der Waals surface area contributed by atoms with Gasteiger partial charge in [-0.3, -0.25) is 0 Å². The Morgan fingerprint density at radius 1 is 1.17 bits per heavy atom. The third kappa shape index (κ3) is 2.78. The normalized spacial score (nSPS) is 11.4. The molecule has 0 fully saturated rings. The summed E-state index contributed by atoms with van der Waals surface area (Å²) in [5, 5.41) is 29.8. The van der Waals surface area contributed by atoms with Gasteiger partial charge < -0.3 is 20.0 Å². The van der Waals surface area contributed by atoms with Crippen LogP contribution in [0.3, 0.4) is 0 Å². The highest BCUT2D eigenvalue weighted by atomic mass is 16.4. The van der Waals surface area contributed by atoms with Crippen LogP contribution in [0, 0.1) is 13.8 Å². The monoisotopic (exact) mass is 308 g/mol. The molecule has 0 unspecified atom stereocenters. The topological polar surface area (TPSA) is 101 Å². The third-order valence-corrected chi connectivity index (χ3v) is 3.55. The van der Waals surface area contributed by atoms with Gasteiger partial charge in [-0.1, -0.05) is 23.8 Å². The Hall–Kier alpha value is -3.15. The van der Waals surface area contributed by atoms with Crippen molar-refractivity contribution in [2.24, 2.45) is 10.2 Å². The molecule has 3 rings (SSSR count). The number of H-pyrrole nitrogens is 1. The first kappa shape index (κ1) is 14.8. The predicted octanol–water partition coefficient (Wildman–Crippen LogP) is 3.27. The lowest BCUT2D eigenvalue weighted by Gasteiger charge is -2.01. The number of nitrogens with zero attached hydrogens (tertiary/aromatic N) is 2. The zero-order chi connectivity index (χ0) is 16.6. The van der Waals surface area contributed by atoms with Crippen molar-refractivity contribution in [2.75, 3.05) is 0 Å². The molecule has 0 saturated carbocycles. The maximum atomic E-state index is 10.9. The molecule has 3 aromatic rings. The minimum absolute atomic E-state index is 0.0243. The van der Waals surface area contributed by atoms with Crippen molar-refractivity contribution in [3.8, 4) is 5.88 Å². The lowest BCUT2D eigenvalue weighted by molar-refractivity contribution is -0.255. The van der Waals surface area contributed by atoms with Crippen LogP contribution >= 0.6 is 0 Å². The molecule has 0 aliphatic carbocycles. The van der Waals surface area contributed by atoms with Crippen LogP contribution in [-0.2, 0) is 0 Å². The summed E-state index contributed by atoms with van der Waals surface area (Å²) in [7, 11) is 0. The summed E-state index contributed by atoms with van der Waals surface area (Å²) >= 11 is 0. The van der Waals surface area contributed by atoms with Gasteiger partial charge in [-0.15, -0.1) is 5.11 Å². The largest absolute Gasteiger partial charge is 0.545 e. The van der Waals surface area contributed by atoms with Gasteiger partial charge in [0.1, 0.15) is 0 Å². The summed E-state index contributed by atoms with van der Waals surface area (Å²) < 4.78 is 0. The van der Waals surface area contributed by atoms with E-state index in [1.165, 1.54) is 12.1 Å². The van der Waals surface area contributed by atoms with E-state index in [0.29, 0.717) is 11.4 Å². The third-order valence-electron chi connectivity index (χ3n) is 3.55. The number of carbonyl (C=O) groups is 1. The Balaban J connectivity index is 2.06. The number of rotatable bonds is 3. The van der Waals surface area contributed by atoms with E-state index in [0.717, 1.165) is 22.0 Å². The second-order valence-corrected chi connectivity index (χ2v) is 5.36. The summed E-state index contributed by atoms with van der Waals surface area (Å²) in [6.07, 6.45) is 0. The number of aromatic hydroxyl groups is 1. The maximum Gasteiger partial charge on any atom is 0.218 e. The number of hydrogen-bond acceptors (Lipinski definition) is 5. The number of aromatic amines is 1. The van der Waals surface area contributed by atoms with Crippen LogP contribution in [0.25, 0.3) is 10.9 Å². The van der Waals surface area contributed by atoms with Crippen molar-refractivity contribution in [1.29, 1.82) is 0 Å². The number of hydrogen-bond donors (Lipinski definition) is 2. The second-order valence-electron chi connectivity index (χ2n) is 5.36. The molecule has 6 heteroatoms. The number of carboxylic acids is 1. The Kier molecular flexibility index (Phi) is 3.57. The number of benzene rings is 2. The molecule has 23 heavy (non-hydrogen) atoms. The number of carboxylic acid groups (broad SMARTS) is 1. The molecule has 1 heterocycles. The average molecular weight is 308 g/mol. The van der Waals surface area contributed by atoms with Crippen LogP contribution in [0.5, 0.6) is 5.88 Å². The van der Waals surface area contributed by atoms with Crippen LogP contribution in [-0.4, -0.2) is 16.1 Å². The van der Waals surface area contributed by atoms with Crippen molar-refractivity contribution in [1.82, 2.24) is 4.98 Å². The molecule has 1 aromatic heterocycles. The van der Waals surface area contributed by atoms with Gasteiger partial charge in [-0.25, -0.2) is 0 Å². The van der Waals surface area contributed by atoms with Gasteiger partial charge in [0.05, 0.1) is 17.2 Å². The Morgan fingerprint density at radius 2 is 1.96 bits per heavy atom. The number of nitrogens with one attached hydrogen (secondary N) is 1. The summed E-state index contributed by atoms with van der Waals surface area (Å²) in [5.74, 6) is -1.35. The van der Waals surface area contributed by atoms with Gasteiger partial charge >= 0.3 is 0 Å². The van der Waals surface area contributed by atoms with Crippen molar-refractivity contribution in [3.05, 3.63) is 53.1 Å². The van der Waals surface area contributed by atoms with Gasteiger partial charge in [0.25, 0.3) is 0 Å². The first-order valence-electron chi connectivity index (χ1n) is 7.01. The number of aryl methyl sites for hydroxylation is 2. The highest BCUT2D eigenvalue weighted by Gasteiger charge is 2.12. The van der Waals surface area contributed by atoms with Gasteiger partial charge in [-0.05, 0) is 43.2 Å². The number of fused-ring (bicyclic) bond motifs is 1. The van der Waals surface area contributed by atoms with E-state index in [1.807, 2.05) is 26.0 Å². The lowest BCUT2D eigenvalue weighted by Crippen LogP contribution is -2.21. The average Bonchev–Trinajstić information content (AvgIpc) is 2.81. The van der Waals surface area contributed by atoms with E-state index in [9.17, 15) is 15.0 Å². The molecular weight excluding hydrogens is 294 g/mol. The second kappa shape index (κ2) is 5.57. The highest BCUT2D eigenvalue weighted by Crippen LogP contribution is 2.38. The first-order valence-corrected chi connectivity index (χ1v) is 7.01. The van der Waals surface area contributed by atoms with Crippen LogP contribution < -0.4 is 5.11 Å². The molecule has 2 aromatic carbocycles. The minimum Gasteiger partial charge on any atom is -0.545 e. The Morgan fingerprint density at radius 3 is 2.70 bits per heavy atom. The van der Waals surface area contributed by atoms with Crippen LogP contribution in [0.4, 0.5) is 11.4 Å². The molecule has 0 aliphatic heterocycles. The van der Waals surface area contributed by atoms with Crippen LogP contribution in [0.15, 0.2) is 46.6 Å². The summed E-state index contributed by atoms with van der Waals surface area (Å²) in [5.41, 5.74) is 3.55. The lowest BCUT2D eigenvalue weighted by atomic mass is 10.1. The zero-order valence-corrected chi connectivity index (χ0v) is 12.6. The van der Waals surface area contributed by atoms with Gasteiger partial charge in [0.2, 0.25) is 5.88 Å². The highest BCUT2D eigenvalue weighted by molar-refractivity contribution is 5.96. The molecule has 0 saturated heterocycles. The fourth-order valence-electron chi connectivity index (χ4n) is 2.53. The van der Waals surface area contributed by atoms with E-state index in [1.54, 1.807) is 12.1 Å². The SMILES string of the molecule is Cc1cc(C)c2[nH]c(O)c(N=Nc3cccc(C(=O)[O-])c3)c2c1. The summed E-state index contributed by atoms with van der Waals surface area (Å²) in [6, 6.07) is 9.87. The van der Waals surface area contributed by atoms with Crippen molar-refractivity contribution in [3.63, 3.8) is 0 Å².